The third-order valence-corrected chi connectivity index (χ3v) is 4.12. The number of nitrogens with one attached hydrogen (secondary N) is 1. The van der Waals surface area contributed by atoms with Gasteiger partial charge in [0.25, 0.3) is 0 Å². The van der Waals surface area contributed by atoms with Crippen LogP contribution in [0.2, 0.25) is 0 Å². The van der Waals surface area contributed by atoms with Gasteiger partial charge in [-0.05, 0) is 68.3 Å². The molecule has 0 aromatic heterocycles. The number of unbranched alkanes of at least 4 members (excludes halogenated alkanes) is 2. The Morgan fingerprint density at radius 1 is 1.07 bits per heavy atom. The van der Waals surface area contributed by atoms with E-state index in [1.54, 1.807) is 13.2 Å². The van der Waals surface area contributed by atoms with Crippen molar-refractivity contribution < 1.29 is 19.0 Å². The molecule has 0 heterocycles. The van der Waals surface area contributed by atoms with Crippen LogP contribution in [-0.2, 0) is 4.79 Å². The van der Waals surface area contributed by atoms with Crippen molar-refractivity contribution in [3.63, 3.8) is 0 Å². The van der Waals surface area contributed by atoms with Crippen LogP contribution in [0.5, 0.6) is 17.2 Å². The molecule has 0 aliphatic heterocycles. The Bertz CT molecular complexity index is 797. The van der Waals surface area contributed by atoms with Crippen LogP contribution in [0.3, 0.4) is 0 Å². The maximum atomic E-state index is 12.2. The van der Waals surface area contributed by atoms with Crippen LogP contribution in [0.4, 0.5) is 5.69 Å². The second-order valence-corrected chi connectivity index (χ2v) is 6.98. The number of anilines is 1. The maximum Gasteiger partial charge on any atom is 0.248 e. The van der Waals surface area contributed by atoms with Crippen LogP contribution in [0.1, 0.15) is 45.6 Å². The molecule has 0 aliphatic rings. The number of amides is 1. The van der Waals surface area contributed by atoms with Gasteiger partial charge in [0.05, 0.1) is 19.8 Å². The van der Waals surface area contributed by atoms with E-state index in [1.165, 1.54) is 18.9 Å². The quantitative estimate of drug-likeness (QED) is 0.390. The van der Waals surface area contributed by atoms with E-state index >= 15 is 0 Å². The summed E-state index contributed by atoms with van der Waals surface area (Å²) in [6.45, 7) is 6.80. The highest BCUT2D eigenvalue weighted by Crippen LogP contribution is 2.29. The molecule has 2 aromatic carbocycles. The lowest BCUT2D eigenvalue weighted by Crippen LogP contribution is -2.08. The first-order valence-electron chi connectivity index (χ1n) is 10.1. The molecule has 29 heavy (non-hydrogen) atoms. The minimum atomic E-state index is -0.205. The minimum Gasteiger partial charge on any atom is -0.494 e. The lowest BCUT2D eigenvalue weighted by atomic mass is 10.2. The van der Waals surface area contributed by atoms with Crippen LogP contribution in [0.15, 0.2) is 48.5 Å². The van der Waals surface area contributed by atoms with Gasteiger partial charge in [-0.15, -0.1) is 0 Å². The SMILES string of the molecule is CCCCCOc1ccc(NC(=O)C=Cc2ccc(OC(C)C)c(OC)c2)cc1. The van der Waals surface area contributed by atoms with Crippen molar-refractivity contribution in [3.05, 3.63) is 54.1 Å². The van der Waals surface area contributed by atoms with Crippen molar-refractivity contribution in [1.29, 1.82) is 0 Å². The van der Waals surface area contributed by atoms with E-state index < -0.39 is 0 Å². The summed E-state index contributed by atoms with van der Waals surface area (Å²) < 4.78 is 16.8. The fourth-order valence-corrected chi connectivity index (χ4v) is 2.67. The Kier molecular flexibility index (Phi) is 9.09. The molecule has 0 bridgehead atoms. The fraction of sp³-hybridized carbons (Fsp3) is 0.375. The van der Waals surface area contributed by atoms with Crippen LogP contribution in [0, 0.1) is 0 Å². The molecule has 0 atom stereocenters. The summed E-state index contributed by atoms with van der Waals surface area (Å²) in [6.07, 6.45) is 6.68. The molecule has 1 N–H and O–H groups in total. The van der Waals surface area contributed by atoms with Gasteiger partial charge in [0.1, 0.15) is 5.75 Å². The molecule has 1 amide bonds. The highest BCUT2D eigenvalue weighted by molar-refractivity contribution is 6.01. The number of hydrogen-bond donors (Lipinski definition) is 1. The maximum absolute atomic E-state index is 12.2. The first kappa shape index (κ1) is 22.3. The van der Waals surface area contributed by atoms with Crippen molar-refractivity contribution in [2.45, 2.75) is 46.1 Å². The number of methoxy groups -OCH3 is 1. The molecule has 0 saturated carbocycles. The van der Waals surface area contributed by atoms with Gasteiger partial charge in [-0.2, -0.15) is 0 Å². The number of hydrogen-bond acceptors (Lipinski definition) is 4. The van der Waals surface area contributed by atoms with E-state index in [0.717, 1.165) is 23.4 Å². The predicted molar refractivity (Wildman–Crippen MR) is 118 cm³/mol. The first-order valence-corrected chi connectivity index (χ1v) is 10.1. The van der Waals surface area contributed by atoms with Crippen molar-refractivity contribution in [2.75, 3.05) is 19.0 Å². The standard InChI is InChI=1S/C24H31NO4/c1-5-6-7-16-28-21-12-10-20(11-13-21)25-24(26)15-9-19-8-14-22(29-18(2)3)23(17-19)27-4/h8-15,17-18H,5-7,16H2,1-4H3,(H,25,26). The molecule has 0 fully saturated rings. The van der Waals surface area contributed by atoms with Crippen molar-refractivity contribution >= 4 is 17.7 Å². The largest absolute Gasteiger partial charge is 0.494 e. The lowest BCUT2D eigenvalue weighted by Gasteiger charge is -2.13. The highest BCUT2D eigenvalue weighted by atomic mass is 16.5. The number of benzene rings is 2. The summed E-state index contributed by atoms with van der Waals surface area (Å²) in [7, 11) is 1.60. The average molecular weight is 398 g/mol. The molecule has 0 saturated heterocycles. The lowest BCUT2D eigenvalue weighted by molar-refractivity contribution is -0.111. The van der Waals surface area contributed by atoms with Gasteiger partial charge in [0.15, 0.2) is 11.5 Å². The molecule has 156 valence electrons. The summed E-state index contributed by atoms with van der Waals surface area (Å²) in [5, 5.41) is 2.84. The van der Waals surface area contributed by atoms with Gasteiger partial charge in [-0.25, -0.2) is 0 Å². The molecule has 0 unspecified atom stereocenters. The summed E-state index contributed by atoms with van der Waals surface area (Å²) >= 11 is 0. The molecule has 5 heteroatoms. The Hall–Kier alpha value is -2.95. The molecule has 0 aliphatic carbocycles. The van der Waals surface area contributed by atoms with Crippen LogP contribution in [-0.4, -0.2) is 25.7 Å². The first-order chi connectivity index (χ1) is 14.0. The summed E-state index contributed by atoms with van der Waals surface area (Å²) in [5.74, 6) is 1.92. The van der Waals surface area contributed by atoms with Crippen LogP contribution in [0.25, 0.3) is 6.08 Å². The number of ether oxygens (including phenoxy) is 3. The third kappa shape index (κ3) is 7.90. The molecule has 0 spiro atoms. The Morgan fingerprint density at radius 2 is 1.83 bits per heavy atom. The van der Waals surface area contributed by atoms with E-state index in [0.29, 0.717) is 18.1 Å². The molecule has 0 radical (unpaired) electrons. The molecular formula is C24H31NO4. The van der Waals surface area contributed by atoms with Crippen molar-refractivity contribution in [2.24, 2.45) is 0 Å². The normalized spacial score (nSPS) is 10.9. The Morgan fingerprint density at radius 3 is 2.48 bits per heavy atom. The highest BCUT2D eigenvalue weighted by Gasteiger charge is 2.07. The summed E-state index contributed by atoms with van der Waals surface area (Å²) in [6, 6.07) is 13.0. The zero-order valence-electron chi connectivity index (χ0n) is 17.7. The van der Waals surface area contributed by atoms with E-state index in [4.69, 9.17) is 14.2 Å². The second kappa shape index (κ2) is 11.8. The predicted octanol–water partition coefficient (Wildman–Crippen LogP) is 5.70. The Balaban J connectivity index is 1.90. The van der Waals surface area contributed by atoms with Gasteiger partial charge in [-0.3, -0.25) is 4.79 Å². The third-order valence-electron chi connectivity index (χ3n) is 4.12. The number of carbonyl (C=O) groups excluding carboxylic acids is 1. The van der Waals surface area contributed by atoms with Crippen LogP contribution < -0.4 is 19.5 Å². The second-order valence-electron chi connectivity index (χ2n) is 6.98. The summed E-state index contributed by atoms with van der Waals surface area (Å²) in [4.78, 5) is 12.2. The van der Waals surface area contributed by atoms with Gasteiger partial charge in [0.2, 0.25) is 5.91 Å². The Labute approximate surface area is 173 Å². The smallest absolute Gasteiger partial charge is 0.248 e. The van der Waals surface area contributed by atoms with E-state index in [2.05, 4.69) is 12.2 Å². The fourth-order valence-electron chi connectivity index (χ4n) is 2.67. The average Bonchev–Trinajstić information content (AvgIpc) is 2.71. The van der Waals surface area contributed by atoms with E-state index in [1.807, 2.05) is 56.3 Å². The number of carbonyl (C=O) groups is 1. The van der Waals surface area contributed by atoms with Gasteiger partial charge >= 0.3 is 0 Å². The molecule has 2 rings (SSSR count). The monoisotopic (exact) mass is 397 g/mol. The van der Waals surface area contributed by atoms with E-state index in [9.17, 15) is 4.79 Å². The topological polar surface area (TPSA) is 56.8 Å². The van der Waals surface area contributed by atoms with Crippen molar-refractivity contribution in [1.82, 2.24) is 0 Å². The molecular weight excluding hydrogens is 366 g/mol. The molecule has 2 aromatic rings. The van der Waals surface area contributed by atoms with Gasteiger partial charge in [-0.1, -0.05) is 25.8 Å². The van der Waals surface area contributed by atoms with Crippen molar-refractivity contribution in [3.8, 4) is 17.2 Å². The van der Waals surface area contributed by atoms with E-state index in [-0.39, 0.29) is 12.0 Å². The van der Waals surface area contributed by atoms with Gasteiger partial charge in [0, 0.05) is 11.8 Å². The zero-order valence-corrected chi connectivity index (χ0v) is 17.7. The zero-order chi connectivity index (χ0) is 21.1. The van der Waals surface area contributed by atoms with Crippen LogP contribution >= 0.6 is 0 Å². The number of rotatable bonds is 11. The molecule has 5 nitrogen and oxygen atoms in total. The van der Waals surface area contributed by atoms with Gasteiger partial charge < -0.3 is 19.5 Å². The summed E-state index contributed by atoms with van der Waals surface area (Å²) in [5.41, 5.74) is 1.57. The minimum absolute atomic E-state index is 0.0594.